The lowest BCUT2D eigenvalue weighted by Crippen LogP contribution is -2.24. The molecule has 1 heterocycles. The molecular weight excluding hydrogens is 288 g/mol. The molecule has 0 spiro atoms. The van der Waals surface area contributed by atoms with Crippen molar-refractivity contribution in [3.05, 3.63) is 58.7 Å². The molecule has 2 aromatic rings. The molecule has 0 aliphatic rings. The molecule has 112 valence electrons. The monoisotopic (exact) mass is 306 g/mol. The third-order valence-electron chi connectivity index (χ3n) is 2.89. The number of benzene rings is 1. The van der Waals surface area contributed by atoms with Gasteiger partial charge in [0.05, 0.1) is 6.54 Å². The summed E-state index contributed by atoms with van der Waals surface area (Å²) in [4.78, 5) is 20.6. The molecule has 5 nitrogen and oxygen atoms in total. The highest BCUT2D eigenvalue weighted by Gasteiger charge is 2.06. The number of nitrogens with zero attached hydrogens (tertiary/aromatic N) is 2. The molecule has 0 unspecified atom stereocenters. The van der Waals surface area contributed by atoms with E-state index in [2.05, 4.69) is 15.3 Å². The molecule has 0 atom stereocenters. The molecule has 0 bridgehead atoms. The van der Waals surface area contributed by atoms with Crippen molar-refractivity contribution in [2.24, 2.45) is 5.73 Å². The average molecular weight is 307 g/mol. The maximum absolute atomic E-state index is 12.0. The molecule has 0 saturated heterocycles. The van der Waals surface area contributed by atoms with Crippen molar-refractivity contribution in [2.45, 2.75) is 26.9 Å². The molecule has 0 aliphatic heterocycles. The van der Waals surface area contributed by atoms with Crippen molar-refractivity contribution in [2.75, 3.05) is 0 Å². The average Bonchev–Trinajstić information content (AvgIpc) is 2.44. The first-order valence-electron chi connectivity index (χ1n) is 6.47. The minimum Gasteiger partial charge on any atom is -0.345 e. The normalized spacial score (nSPS) is 9.86. The van der Waals surface area contributed by atoms with Gasteiger partial charge in [-0.2, -0.15) is 0 Å². The SMILES string of the molecule is Cc1cc(C)nc(CNC(=O)c2ccc(CN)cc2)n1.Cl. The Morgan fingerprint density at radius 3 is 2.24 bits per heavy atom. The van der Waals surface area contributed by atoms with E-state index in [1.54, 1.807) is 12.1 Å². The summed E-state index contributed by atoms with van der Waals surface area (Å²) in [6.45, 7) is 4.61. The number of nitrogens with two attached hydrogens (primary N) is 1. The van der Waals surface area contributed by atoms with Crippen LogP contribution in [0.4, 0.5) is 0 Å². The van der Waals surface area contributed by atoms with Gasteiger partial charge in [-0.05, 0) is 37.6 Å². The number of hydrogen-bond acceptors (Lipinski definition) is 4. The molecule has 6 heteroatoms. The number of aromatic nitrogens is 2. The number of amides is 1. The van der Waals surface area contributed by atoms with Crippen molar-refractivity contribution in [1.82, 2.24) is 15.3 Å². The van der Waals surface area contributed by atoms with Crippen molar-refractivity contribution < 1.29 is 4.79 Å². The van der Waals surface area contributed by atoms with Gasteiger partial charge in [0, 0.05) is 23.5 Å². The van der Waals surface area contributed by atoms with E-state index < -0.39 is 0 Å². The van der Waals surface area contributed by atoms with Crippen molar-refractivity contribution in [3.8, 4) is 0 Å². The predicted molar refractivity (Wildman–Crippen MR) is 84.3 cm³/mol. The fraction of sp³-hybridized carbons (Fsp3) is 0.267. The topological polar surface area (TPSA) is 80.9 Å². The van der Waals surface area contributed by atoms with Crippen LogP contribution in [0.25, 0.3) is 0 Å². The summed E-state index contributed by atoms with van der Waals surface area (Å²) in [7, 11) is 0. The van der Waals surface area contributed by atoms with Crippen LogP contribution in [0.5, 0.6) is 0 Å². The molecule has 3 N–H and O–H groups in total. The summed E-state index contributed by atoms with van der Waals surface area (Å²) in [6, 6.07) is 9.13. The summed E-state index contributed by atoms with van der Waals surface area (Å²) >= 11 is 0. The highest BCUT2D eigenvalue weighted by atomic mass is 35.5. The maximum Gasteiger partial charge on any atom is 0.251 e. The van der Waals surface area contributed by atoms with E-state index in [-0.39, 0.29) is 18.3 Å². The van der Waals surface area contributed by atoms with Crippen LogP contribution >= 0.6 is 12.4 Å². The van der Waals surface area contributed by atoms with Crippen LogP contribution in [-0.2, 0) is 13.1 Å². The van der Waals surface area contributed by atoms with Crippen LogP contribution in [0.15, 0.2) is 30.3 Å². The molecule has 1 aromatic heterocycles. The molecule has 1 amide bonds. The van der Waals surface area contributed by atoms with E-state index >= 15 is 0 Å². The third kappa shape index (κ3) is 4.81. The summed E-state index contributed by atoms with van der Waals surface area (Å²) in [5.74, 6) is 0.478. The van der Waals surface area contributed by atoms with E-state index in [1.165, 1.54) is 0 Å². The highest BCUT2D eigenvalue weighted by Crippen LogP contribution is 2.04. The Morgan fingerprint density at radius 1 is 1.14 bits per heavy atom. The summed E-state index contributed by atoms with van der Waals surface area (Å²) in [5.41, 5.74) is 8.92. The standard InChI is InChI=1S/C15H18N4O.ClH/c1-10-7-11(2)19-14(18-10)9-17-15(20)13-5-3-12(8-16)4-6-13;/h3-7H,8-9,16H2,1-2H3,(H,17,20);1H. The van der Waals surface area contributed by atoms with Gasteiger partial charge in [-0.3, -0.25) is 4.79 Å². The number of carbonyl (C=O) groups excluding carboxylic acids is 1. The van der Waals surface area contributed by atoms with E-state index in [0.717, 1.165) is 17.0 Å². The molecule has 0 fully saturated rings. The first-order valence-corrected chi connectivity index (χ1v) is 6.47. The number of aryl methyl sites for hydroxylation is 2. The second kappa shape index (κ2) is 7.71. The van der Waals surface area contributed by atoms with Crippen LogP contribution in [-0.4, -0.2) is 15.9 Å². The molecule has 1 aromatic carbocycles. The van der Waals surface area contributed by atoms with Gasteiger partial charge < -0.3 is 11.1 Å². The summed E-state index contributed by atoms with van der Waals surface area (Å²) in [5, 5.41) is 2.81. The van der Waals surface area contributed by atoms with Gasteiger partial charge >= 0.3 is 0 Å². The Hall–Kier alpha value is -1.98. The third-order valence-corrected chi connectivity index (χ3v) is 2.89. The van der Waals surface area contributed by atoms with Crippen LogP contribution in [0.3, 0.4) is 0 Å². The number of rotatable bonds is 4. The summed E-state index contributed by atoms with van der Waals surface area (Å²) < 4.78 is 0. The Morgan fingerprint density at radius 2 is 1.71 bits per heavy atom. The van der Waals surface area contributed by atoms with E-state index in [1.807, 2.05) is 32.0 Å². The Balaban J connectivity index is 0.00000220. The van der Waals surface area contributed by atoms with Gasteiger partial charge in [0.1, 0.15) is 5.82 Å². The Bertz CT molecular complexity index is 593. The first-order chi connectivity index (χ1) is 9.58. The van der Waals surface area contributed by atoms with Crippen molar-refractivity contribution >= 4 is 18.3 Å². The Kier molecular flexibility index (Phi) is 6.27. The summed E-state index contributed by atoms with van der Waals surface area (Å²) in [6.07, 6.45) is 0. The molecule has 2 rings (SSSR count). The van der Waals surface area contributed by atoms with Gasteiger partial charge in [-0.15, -0.1) is 12.4 Å². The van der Waals surface area contributed by atoms with E-state index in [9.17, 15) is 4.79 Å². The second-order valence-corrected chi connectivity index (χ2v) is 4.65. The molecular formula is C15H19ClN4O. The van der Waals surface area contributed by atoms with Crippen LogP contribution in [0.2, 0.25) is 0 Å². The lowest BCUT2D eigenvalue weighted by Gasteiger charge is -2.06. The van der Waals surface area contributed by atoms with Crippen LogP contribution in [0.1, 0.15) is 33.1 Å². The predicted octanol–water partition coefficient (Wildman–Crippen LogP) is 1.90. The fourth-order valence-electron chi connectivity index (χ4n) is 1.93. The van der Waals surface area contributed by atoms with Gasteiger partial charge in [0.25, 0.3) is 5.91 Å². The number of hydrogen-bond donors (Lipinski definition) is 2. The fourth-order valence-corrected chi connectivity index (χ4v) is 1.93. The lowest BCUT2D eigenvalue weighted by atomic mass is 10.1. The minimum atomic E-state index is -0.142. The van der Waals surface area contributed by atoms with Gasteiger partial charge in [0.2, 0.25) is 0 Å². The molecule has 0 radical (unpaired) electrons. The van der Waals surface area contributed by atoms with Crippen LogP contribution in [0, 0.1) is 13.8 Å². The molecule has 0 aliphatic carbocycles. The smallest absolute Gasteiger partial charge is 0.251 e. The number of nitrogens with one attached hydrogen (secondary N) is 1. The van der Waals surface area contributed by atoms with Crippen molar-refractivity contribution in [1.29, 1.82) is 0 Å². The second-order valence-electron chi connectivity index (χ2n) is 4.65. The minimum absolute atomic E-state index is 0. The Labute approximate surface area is 130 Å². The zero-order chi connectivity index (χ0) is 14.5. The van der Waals surface area contributed by atoms with E-state index in [0.29, 0.717) is 24.5 Å². The van der Waals surface area contributed by atoms with Gasteiger partial charge in [0.15, 0.2) is 0 Å². The zero-order valence-corrected chi connectivity index (χ0v) is 12.9. The van der Waals surface area contributed by atoms with Gasteiger partial charge in [-0.25, -0.2) is 9.97 Å². The zero-order valence-electron chi connectivity index (χ0n) is 12.1. The number of halogens is 1. The van der Waals surface area contributed by atoms with Gasteiger partial charge in [-0.1, -0.05) is 12.1 Å². The first kappa shape index (κ1) is 17.1. The lowest BCUT2D eigenvalue weighted by molar-refractivity contribution is 0.0950. The number of carbonyl (C=O) groups is 1. The largest absolute Gasteiger partial charge is 0.345 e. The quantitative estimate of drug-likeness (QED) is 0.904. The molecule has 0 saturated carbocycles. The molecule has 21 heavy (non-hydrogen) atoms. The van der Waals surface area contributed by atoms with Crippen LogP contribution < -0.4 is 11.1 Å². The maximum atomic E-state index is 12.0. The highest BCUT2D eigenvalue weighted by molar-refractivity contribution is 5.94. The van der Waals surface area contributed by atoms with E-state index in [4.69, 9.17) is 5.73 Å². The van der Waals surface area contributed by atoms with Crippen molar-refractivity contribution in [3.63, 3.8) is 0 Å².